The summed E-state index contributed by atoms with van der Waals surface area (Å²) in [5.41, 5.74) is 6.51. The van der Waals surface area contributed by atoms with Crippen LogP contribution in [0.2, 0.25) is 0 Å². The summed E-state index contributed by atoms with van der Waals surface area (Å²) < 4.78 is 13.0. The Kier molecular flexibility index (Phi) is 4.14. The van der Waals surface area contributed by atoms with Gasteiger partial charge in [-0.15, -0.1) is 0 Å². The van der Waals surface area contributed by atoms with Crippen molar-refractivity contribution in [2.45, 2.75) is 6.42 Å². The van der Waals surface area contributed by atoms with Crippen molar-refractivity contribution >= 4 is 11.7 Å². The molecule has 0 atom stereocenters. The lowest BCUT2D eigenvalue weighted by molar-refractivity contribution is 0.0954. The zero-order valence-electron chi connectivity index (χ0n) is 10.6. The first-order chi connectivity index (χ1) is 9.56. The molecule has 0 radical (unpaired) electrons. The number of phenols is 1. The van der Waals surface area contributed by atoms with Crippen LogP contribution in [0.3, 0.4) is 0 Å². The van der Waals surface area contributed by atoms with Gasteiger partial charge in [0, 0.05) is 6.54 Å². The van der Waals surface area contributed by atoms with Gasteiger partial charge in [0.05, 0.1) is 11.8 Å². The van der Waals surface area contributed by atoms with Gasteiger partial charge in [-0.05, 0) is 30.2 Å². The van der Waals surface area contributed by atoms with Crippen molar-refractivity contribution < 1.29 is 14.3 Å². The van der Waals surface area contributed by atoms with Crippen LogP contribution in [0.25, 0.3) is 0 Å². The van der Waals surface area contributed by atoms with Crippen LogP contribution in [-0.4, -0.2) is 22.5 Å². The Bertz CT molecular complexity index is 614. The fraction of sp³-hybridized carbons (Fsp3) is 0.143. The molecule has 0 saturated carbocycles. The second-order valence-corrected chi connectivity index (χ2v) is 4.26. The maximum atomic E-state index is 13.0. The van der Waals surface area contributed by atoms with Crippen LogP contribution in [0.1, 0.15) is 15.9 Å². The van der Waals surface area contributed by atoms with Gasteiger partial charge in [-0.2, -0.15) is 0 Å². The van der Waals surface area contributed by atoms with Crippen LogP contribution >= 0.6 is 0 Å². The van der Waals surface area contributed by atoms with Crippen molar-refractivity contribution in [3.8, 4) is 5.75 Å². The lowest BCUT2D eigenvalue weighted by Gasteiger charge is -2.07. The standard InChI is InChI=1S/C14H14FN3O2/c15-10-7-12(13(16)18-8-10)14(20)17-6-5-9-1-3-11(19)4-2-9/h1-4,7-8,19H,5-6H2,(H2,16,18)(H,17,20). The molecule has 0 bridgehead atoms. The molecule has 2 rings (SSSR count). The summed E-state index contributed by atoms with van der Waals surface area (Å²) in [6.07, 6.45) is 1.55. The van der Waals surface area contributed by atoms with Crippen molar-refractivity contribution in [2.24, 2.45) is 0 Å². The number of nitrogen functional groups attached to an aromatic ring is 1. The van der Waals surface area contributed by atoms with Crippen molar-refractivity contribution in [1.29, 1.82) is 0 Å². The molecule has 0 aliphatic heterocycles. The molecule has 20 heavy (non-hydrogen) atoms. The number of pyridine rings is 1. The highest BCUT2D eigenvalue weighted by Crippen LogP contribution is 2.11. The highest BCUT2D eigenvalue weighted by molar-refractivity contribution is 5.98. The fourth-order valence-electron chi connectivity index (χ4n) is 1.71. The minimum absolute atomic E-state index is 0.00599. The molecule has 104 valence electrons. The lowest BCUT2D eigenvalue weighted by Crippen LogP contribution is -2.26. The fourth-order valence-corrected chi connectivity index (χ4v) is 1.71. The second kappa shape index (κ2) is 6.01. The molecule has 0 fully saturated rings. The van der Waals surface area contributed by atoms with Crippen LogP contribution in [0.4, 0.5) is 10.2 Å². The van der Waals surface area contributed by atoms with E-state index in [9.17, 15) is 9.18 Å². The Morgan fingerprint density at radius 1 is 1.35 bits per heavy atom. The third-order valence-electron chi connectivity index (χ3n) is 2.77. The molecule has 1 aromatic heterocycles. The van der Waals surface area contributed by atoms with Crippen molar-refractivity contribution in [2.75, 3.05) is 12.3 Å². The molecule has 6 heteroatoms. The number of rotatable bonds is 4. The van der Waals surface area contributed by atoms with E-state index in [2.05, 4.69) is 10.3 Å². The Morgan fingerprint density at radius 3 is 2.75 bits per heavy atom. The number of phenolic OH excluding ortho intramolecular Hbond substituents is 1. The number of hydrogen-bond acceptors (Lipinski definition) is 4. The number of nitrogens with two attached hydrogens (primary N) is 1. The number of hydrogen-bond donors (Lipinski definition) is 3. The van der Waals surface area contributed by atoms with Gasteiger partial charge in [0.2, 0.25) is 0 Å². The summed E-state index contributed by atoms with van der Waals surface area (Å²) in [7, 11) is 0. The van der Waals surface area contributed by atoms with Gasteiger partial charge in [-0.25, -0.2) is 9.37 Å². The highest BCUT2D eigenvalue weighted by atomic mass is 19.1. The van der Waals surface area contributed by atoms with Gasteiger partial charge < -0.3 is 16.2 Å². The molecule has 2 aromatic rings. The minimum atomic E-state index is -0.608. The van der Waals surface area contributed by atoms with Crippen LogP contribution in [0, 0.1) is 5.82 Å². The van der Waals surface area contributed by atoms with E-state index in [4.69, 9.17) is 10.8 Å². The number of carbonyl (C=O) groups is 1. The van der Waals surface area contributed by atoms with Gasteiger partial charge in [0.15, 0.2) is 0 Å². The topological polar surface area (TPSA) is 88.2 Å². The van der Waals surface area contributed by atoms with Crippen LogP contribution in [0.15, 0.2) is 36.5 Å². The molecule has 0 aliphatic rings. The van der Waals surface area contributed by atoms with E-state index >= 15 is 0 Å². The van der Waals surface area contributed by atoms with Crippen molar-refractivity contribution in [3.63, 3.8) is 0 Å². The summed E-state index contributed by atoms with van der Waals surface area (Å²) in [5.74, 6) is -0.888. The quantitative estimate of drug-likeness (QED) is 0.788. The third kappa shape index (κ3) is 3.44. The van der Waals surface area contributed by atoms with Crippen molar-refractivity contribution in [1.82, 2.24) is 10.3 Å². The number of nitrogens with one attached hydrogen (secondary N) is 1. The average molecular weight is 275 g/mol. The van der Waals surface area contributed by atoms with E-state index in [1.54, 1.807) is 24.3 Å². The van der Waals surface area contributed by atoms with Crippen LogP contribution in [0.5, 0.6) is 5.75 Å². The van der Waals surface area contributed by atoms with E-state index < -0.39 is 11.7 Å². The molecule has 1 heterocycles. The lowest BCUT2D eigenvalue weighted by atomic mass is 10.1. The largest absolute Gasteiger partial charge is 0.508 e. The Morgan fingerprint density at radius 2 is 2.05 bits per heavy atom. The first-order valence-corrected chi connectivity index (χ1v) is 6.03. The number of amides is 1. The monoisotopic (exact) mass is 275 g/mol. The normalized spacial score (nSPS) is 10.2. The van der Waals surface area contributed by atoms with Gasteiger partial charge >= 0.3 is 0 Å². The molecule has 4 N–H and O–H groups in total. The number of halogens is 1. The first-order valence-electron chi connectivity index (χ1n) is 6.03. The Hall–Kier alpha value is -2.63. The minimum Gasteiger partial charge on any atom is -0.508 e. The van der Waals surface area contributed by atoms with Crippen molar-refractivity contribution in [3.05, 3.63) is 53.5 Å². The van der Waals surface area contributed by atoms with Crippen LogP contribution in [-0.2, 0) is 6.42 Å². The van der Waals surface area contributed by atoms with E-state index in [-0.39, 0.29) is 17.1 Å². The molecular weight excluding hydrogens is 261 g/mol. The third-order valence-corrected chi connectivity index (χ3v) is 2.77. The molecule has 0 spiro atoms. The molecule has 0 aliphatic carbocycles. The van der Waals surface area contributed by atoms with Gasteiger partial charge in [0.1, 0.15) is 17.4 Å². The summed E-state index contributed by atoms with van der Waals surface area (Å²) in [5, 5.41) is 11.8. The summed E-state index contributed by atoms with van der Waals surface area (Å²) in [6.45, 7) is 0.375. The number of anilines is 1. The summed E-state index contributed by atoms with van der Waals surface area (Å²) >= 11 is 0. The highest BCUT2D eigenvalue weighted by Gasteiger charge is 2.11. The Balaban J connectivity index is 1.92. The maximum absolute atomic E-state index is 13.0. The molecule has 0 unspecified atom stereocenters. The van der Waals surface area contributed by atoms with E-state index in [0.717, 1.165) is 17.8 Å². The molecular formula is C14H14FN3O2. The summed E-state index contributed by atoms with van der Waals surface area (Å²) in [4.78, 5) is 15.4. The smallest absolute Gasteiger partial charge is 0.255 e. The Labute approximate surface area is 115 Å². The zero-order chi connectivity index (χ0) is 14.5. The summed E-state index contributed by atoms with van der Waals surface area (Å²) in [6, 6.07) is 7.73. The number of aromatic hydroxyl groups is 1. The van der Waals surface area contributed by atoms with Gasteiger partial charge in [-0.3, -0.25) is 4.79 Å². The maximum Gasteiger partial charge on any atom is 0.255 e. The van der Waals surface area contributed by atoms with Gasteiger partial charge in [-0.1, -0.05) is 12.1 Å². The second-order valence-electron chi connectivity index (χ2n) is 4.26. The molecule has 0 saturated heterocycles. The predicted octanol–water partition coefficient (Wildman–Crippen LogP) is 1.48. The first kappa shape index (κ1) is 13.8. The van der Waals surface area contributed by atoms with E-state index in [0.29, 0.717) is 13.0 Å². The zero-order valence-corrected chi connectivity index (χ0v) is 10.6. The number of aromatic nitrogens is 1. The number of benzene rings is 1. The molecule has 1 aromatic carbocycles. The average Bonchev–Trinajstić information content (AvgIpc) is 2.43. The SMILES string of the molecule is Nc1ncc(F)cc1C(=O)NCCc1ccc(O)cc1. The van der Waals surface area contributed by atoms with Crippen LogP contribution < -0.4 is 11.1 Å². The van der Waals surface area contributed by atoms with Gasteiger partial charge in [0.25, 0.3) is 5.91 Å². The van der Waals surface area contributed by atoms with E-state index in [1.807, 2.05) is 0 Å². The van der Waals surface area contributed by atoms with E-state index in [1.165, 1.54) is 0 Å². The molecule has 1 amide bonds. The predicted molar refractivity (Wildman–Crippen MR) is 72.8 cm³/mol. The number of carbonyl (C=O) groups excluding carboxylic acids is 1. The number of nitrogens with zero attached hydrogens (tertiary/aromatic N) is 1. The molecule has 5 nitrogen and oxygen atoms in total.